The average molecular weight is 238 g/mol. The van der Waals surface area contributed by atoms with Crippen LogP contribution in [0.5, 0.6) is 0 Å². The Bertz CT molecular complexity index is 429. The Kier molecular flexibility index (Phi) is 3.38. The fourth-order valence-electron chi connectivity index (χ4n) is 1.71. The second-order valence-corrected chi connectivity index (χ2v) is 3.76. The molecule has 1 aliphatic rings. The van der Waals surface area contributed by atoms with Crippen molar-refractivity contribution in [1.82, 2.24) is 20.6 Å². The van der Waals surface area contributed by atoms with E-state index in [-0.39, 0.29) is 18.5 Å². The van der Waals surface area contributed by atoms with Crippen LogP contribution in [-0.2, 0) is 27.3 Å². The molecule has 1 amide bonds. The molecule has 92 valence electrons. The van der Waals surface area contributed by atoms with Gasteiger partial charge >= 0.3 is 5.97 Å². The molecule has 1 aromatic heterocycles. The van der Waals surface area contributed by atoms with Gasteiger partial charge in [0.15, 0.2) is 0 Å². The van der Waals surface area contributed by atoms with Crippen molar-refractivity contribution < 1.29 is 14.3 Å². The predicted octanol–water partition coefficient (Wildman–Crippen LogP) is -1.29. The number of ether oxygens (including phenoxy) is 1. The number of esters is 1. The van der Waals surface area contributed by atoms with Crippen molar-refractivity contribution in [3.8, 4) is 0 Å². The summed E-state index contributed by atoms with van der Waals surface area (Å²) < 4.78 is 4.44. The molecular formula is C10H14N4O3. The van der Waals surface area contributed by atoms with Gasteiger partial charge in [-0.2, -0.15) is 0 Å². The molecule has 1 unspecified atom stereocenters. The second kappa shape index (κ2) is 4.96. The molecule has 3 N–H and O–H groups in total. The lowest BCUT2D eigenvalue weighted by molar-refractivity contribution is -0.141. The smallest absolute Gasteiger partial charge is 0.325 e. The minimum absolute atomic E-state index is 0.110. The molecule has 0 radical (unpaired) electrons. The van der Waals surface area contributed by atoms with Gasteiger partial charge in [-0.05, 0) is 0 Å². The number of rotatable bonds is 3. The highest BCUT2D eigenvalue weighted by Crippen LogP contribution is 2.11. The van der Waals surface area contributed by atoms with Crippen LogP contribution < -0.4 is 10.6 Å². The number of fused-ring (bicyclic) bond motifs is 1. The molecular weight excluding hydrogens is 224 g/mol. The minimum atomic E-state index is -0.463. The number of aromatic nitrogens is 2. The third-order valence-electron chi connectivity index (χ3n) is 2.68. The van der Waals surface area contributed by atoms with Gasteiger partial charge in [-0.15, -0.1) is 0 Å². The van der Waals surface area contributed by atoms with Crippen molar-refractivity contribution in [2.45, 2.75) is 19.0 Å². The Morgan fingerprint density at radius 2 is 2.47 bits per heavy atom. The topological polar surface area (TPSA) is 96.1 Å². The van der Waals surface area contributed by atoms with E-state index >= 15 is 0 Å². The maximum absolute atomic E-state index is 11.7. The molecule has 1 aliphatic heterocycles. The summed E-state index contributed by atoms with van der Waals surface area (Å²) >= 11 is 0. The molecule has 0 fully saturated rings. The molecule has 17 heavy (non-hydrogen) atoms. The molecule has 0 spiro atoms. The van der Waals surface area contributed by atoms with Crippen LogP contribution in [0.25, 0.3) is 0 Å². The molecule has 7 nitrogen and oxygen atoms in total. The van der Waals surface area contributed by atoms with Crippen molar-refractivity contribution in [2.24, 2.45) is 0 Å². The summed E-state index contributed by atoms with van der Waals surface area (Å²) in [7, 11) is 1.28. The van der Waals surface area contributed by atoms with E-state index in [0.717, 1.165) is 11.4 Å². The number of hydrogen-bond acceptors (Lipinski definition) is 5. The summed E-state index contributed by atoms with van der Waals surface area (Å²) in [6.45, 7) is 0.465. The molecule has 2 heterocycles. The van der Waals surface area contributed by atoms with E-state index in [1.54, 1.807) is 6.33 Å². The van der Waals surface area contributed by atoms with Crippen molar-refractivity contribution in [3.05, 3.63) is 17.7 Å². The van der Waals surface area contributed by atoms with E-state index in [1.165, 1.54) is 7.11 Å². The van der Waals surface area contributed by atoms with E-state index in [1.807, 2.05) is 0 Å². The van der Waals surface area contributed by atoms with Gasteiger partial charge in [-0.3, -0.25) is 14.9 Å². The fourth-order valence-corrected chi connectivity index (χ4v) is 1.71. The van der Waals surface area contributed by atoms with E-state index in [9.17, 15) is 9.59 Å². The van der Waals surface area contributed by atoms with Crippen LogP contribution in [0.4, 0.5) is 0 Å². The van der Waals surface area contributed by atoms with Gasteiger partial charge < -0.3 is 15.0 Å². The molecule has 2 rings (SSSR count). The summed E-state index contributed by atoms with van der Waals surface area (Å²) in [6.07, 6.45) is 2.13. The third-order valence-corrected chi connectivity index (χ3v) is 2.68. The van der Waals surface area contributed by atoms with E-state index in [4.69, 9.17) is 0 Å². The average Bonchev–Trinajstić information content (AvgIpc) is 2.82. The van der Waals surface area contributed by atoms with Crippen LogP contribution in [0, 0.1) is 0 Å². The van der Waals surface area contributed by atoms with E-state index in [2.05, 4.69) is 25.3 Å². The zero-order valence-corrected chi connectivity index (χ0v) is 9.45. The van der Waals surface area contributed by atoms with Crippen LogP contribution in [0.15, 0.2) is 6.33 Å². The maximum atomic E-state index is 11.7. The molecule has 0 bridgehead atoms. The molecule has 0 aliphatic carbocycles. The maximum Gasteiger partial charge on any atom is 0.325 e. The largest absolute Gasteiger partial charge is 0.468 e. The number of carbonyl (C=O) groups excluding carboxylic acids is 2. The number of nitrogens with one attached hydrogen (secondary N) is 3. The van der Waals surface area contributed by atoms with Gasteiger partial charge in [0.05, 0.1) is 30.9 Å². The normalized spacial score (nSPS) is 18.3. The number of imidazole rings is 1. The molecule has 0 saturated heterocycles. The van der Waals surface area contributed by atoms with Gasteiger partial charge in [0, 0.05) is 13.0 Å². The first-order valence-corrected chi connectivity index (χ1v) is 5.29. The Morgan fingerprint density at radius 1 is 1.65 bits per heavy atom. The van der Waals surface area contributed by atoms with Gasteiger partial charge in [0.2, 0.25) is 5.91 Å². The zero-order valence-electron chi connectivity index (χ0n) is 9.45. The molecule has 7 heteroatoms. The number of hydrogen-bond donors (Lipinski definition) is 3. The van der Waals surface area contributed by atoms with Crippen LogP contribution in [0.2, 0.25) is 0 Å². The highest BCUT2D eigenvalue weighted by atomic mass is 16.5. The Morgan fingerprint density at radius 3 is 3.24 bits per heavy atom. The summed E-state index contributed by atoms with van der Waals surface area (Å²) in [5.74, 6) is -0.682. The fraction of sp³-hybridized carbons (Fsp3) is 0.500. The first-order chi connectivity index (χ1) is 8.20. The van der Waals surface area contributed by atoms with Crippen LogP contribution in [0.3, 0.4) is 0 Å². The quantitative estimate of drug-likeness (QED) is 0.570. The molecule has 1 aromatic rings. The zero-order chi connectivity index (χ0) is 12.3. The lowest BCUT2D eigenvalue weighted by Gasteiger charge is -2.21. The monoisotopic (exact) mass is 238 g/mol. The lowest BCUT2D eigenvalue weighted by atomic mass is 10.0. The van der Waals surface area contributed by atoms with Crippen LogP contribution in [-0.4, -0.2) is 41.5 Å². The summed E-state index contributed by atoms with van der Waals surface area (Å²) in [5, 5.41) is 5.58. The SMILES string of the molecule is COC(=O)CNC(=O)C1Cc2nc[nH]c2CN1. The van der Waals surface area contributed by atoms with Crippen LogP contribution in [0.1, 0.15) is 11.4 Å². The van der Waals surface area contributed by atoms with Crippen molar-refractivity contribution >= 4 is 11.9 Å². The van der Waals surface area contributed by atoms with Crippen molar-refractivity contribution in [2.75, 3.05) is 13.7 Å². The number of amides is 1. The number of methoxy groups -OCH3 is 1. The second-order valence-electron chi connectivity index (χ2n) is 3.76. The highest BCUT2D eigenvalue weighted by molar-refractivity contribution is 5.86. The molecule has 0 aromatic carbocycles. The van der Waals surface area contributed by atoms with Gasteiger partial charge in [-0.1, -0.05) is 0 Å². The number of carbonyl (C=O) groups is 2. The number of H-pyrrole nitrogens is 1. The molecule has 0 saturated carbocycles. The Balaban J connectivity index is 1.88. The van der Waals surface area contributed by atoms with Gasteiger partial charge in [0.1, 0.15) is 6.54 Å². The third kappa shape index (κ3) is 2.62. The minimum Gasteiger partial charge on any atom is -0.468 e. The van der Waals surface area contributed by atoms with Crippen LogP contribution >= 0.6 is 0 Å². The summed E-state index contributed by atoms with van der Waals surface area (Å²) in [6, 6.07) is -0.351. The Labute approximate surface area is 97.9 Å². The Hall–Kier alpha value is -1.89. The standard InChI is InChI=1S/C10H14N4O3/c1-17-9(15)4-12-10(16)7-2-6-8(3-11-7)14-5-13-6/h5,7,11H,2-4H2,1H3,(H,12,16)(H,13,14). The summed E-state index contributed by atoms with van der Waals surface area (Å²) in [5.41, 5.74) is 1.89. The van der Waals surface area contributed by atoms with E-state index in [0.29, 0.717) is 13.0 Å². The first-order valence-electron chi connectivity index (χ1n) is 5.29. The number of nitrogens with zero attached hydrogens (tertiary/aromatic N) is 1. The lowest BCUT2D eigenvalue weighted by Crippen LogP contribution is -2.48. The van der Waals surface area contributed by atoms with Gasteiger partial charge in [0.25, 0.3) is 0 Å². The van der Waals surface area contributed by atoms with E-state index < -0.39 is 5.97 Å². The summed E-state index contributed by atoms with van der Waals surface area (Å²) in [4.78, 5) is 29.7. The highest BCUT2D eigenvalue weighted by Gasteiger charge is 2.25. The molecule has 1 atom stereocenters. The first kappa shape index (κ1) is 11.6. The van der Waals surface area contributed by atoms with Crippen molar-refractivity contribution in [3.63, 3.8) is 0 Å². The number of aromatic amines is 1. The van der Waals surface area contributed by atoms with Gasteiger partial charge in [-0.25, -0.2) is 4.98 Å². The predicted molar refractivity (Wildman–Crippen MR) is 57.9 cm³/mol. The van der Waals surface area contributed by atoms with Crippen molar-refractivity contribution in [1.29, 1.82) is 0 Å².